The molecule has 0 radical (unpaired) electrons. The summed E-state index contributed by atoms with van der Waals surface area (Å²) in [4.78, 5) is 0. The molecule has 0 fully saturated rings. The number of nitrogens with one attached hydrogen (secondary N) is 1. The lowest BCUT2D eigenvalue weighted by Crippen LogP contribution is -2.01. The van der Waals surface area contributed by atoms with Gasteiger partial charge >= 0.3 is 0 Å². The number of aryl methyl sites for hydroxylation is 1. The highest BCUT2D eigenvalue weighted by atomic mass is 79.9. The SMILES string of the molecule is COc1cc(-c2n[nH]c(=S)n2-c2ccc(C)cc2Br)cc(OC)c1OC. The second kappa shape index (κ2) is 7.51. The molecule has 6 nitrogen and oxygen atoms in total. The first-order valence-corrected chi connectivity index (χ1v) is 8.94. The van der Waals surface area contributed by atoms with Crippen LogP contribution in [0.15, 0.2) is 34.8 Å². The molecule has 0 atom stereocenters. The number of rotatable bonds is 5. The molecule has 0 aliphatic rings. The van der Waals surface area contributed by atoms with Crippen molar-refractivity contribution in [1.29, 1.82) is 0 Å². The van der Waals surface area contributed by atoms with Gasteiger partial charge in [0.1, 0.15) is 0 Å². The van der Waals surface area contributed by atoms with Gasteiger partial charge in [0.05, 0.1) is 27.0 Å². The first-order chi connectivity index (χ1) is 12.5. The highest BCUT2D eigenvalue weighted by molar-refractivity contribution is 9.10. The van der Waals surface area contributed by atoms with Crippen molar-refractivity contribution in [3.8, 4) is 34.3 Å². The van der Waals surface area contributed by atoms with Crippen LogP contribution >= 0.6 is 28.1 Å². The van der Waals surface area contributed by atoms with E-state index in [1.807, 2.05) is 41.8 Å². The molecule has 1 aromatic heterocycles. The summed E-state index contributed by atoms with van der Waals surface area (Å²) in [5, 5.41) is 7.27. The van der Waals surface area contributed by atoms with Gasteiger partial charge in [0.2, 0.25) is 5.75 Å². The van der Waals surface area contributed by atoms with Crippen LogP contribution in [0.25, 0.3) is 17.1 Å². The smallest absolute Gasteiger partial charge is 0.203 e. The molecule has 0 unspecified atom stereocenters. The Bertz CT molecular complexity index is 988. The molecule has 3 rings (SSSR count). The van der Waals surface area contributed by atoms with Crippen LogP contribution in [-0.2, 0) is 0 Å². The van der Waals surface area contributed by atoms with Crippen molar-refractivity contribution in [3.05, 3.63) is 45.1 Å². The fourth-order valence-corrected chi connectivity index (χ4v) is 3.62. The Labute approximate surface area is 164 Å². The van der Waals surface area contributed by atoms with Crippen LogP contribution in [0, 0.1) is 11.7 Å². The van der Waals surface area contributed by atoms with Crippen molar-refractivity contribution < 1.29 is 14.2 Å². The van der Waals surface area contributed by atoms with Gasteiger partial charge < -0.3 is 14.2 Å². The molecule has 0 spiro atoms. The Morgan fingerprint density at radius 1 is 1.04 bits per heavy atom. The quantitative estimate of drug-likeness (QED) is 0.588. The maximum absolute atomic E-state index is 5.46. The molecule has 3 aromatic rings. The van der Waals surface area contributed by atoms with Crippen LogP contribution in [-0.4, -0.2) is 36.1 Å². The van der Waals surface area contributed by atoms with E-state index in [2.05, 4.69) is 26.1 Å². The van der Waals surface area contributed by atoms with Crippen molar-refractivity contribution in [2.24, 2.45) is 0 Å². The standard InChI is InChI=1S/C18H18BrN3O3S/c1-10-5-6-13(12(19)7-10)22-17(20-21-18(22)26)11-8-14(23-2)16(25-4)15(9-11)24-3/h5-9H,1-4H3,(H,21,26). The summed E-state index contributed by atoms with van der Waals surface area (Å²) >= 11 is 9.07. The molecule has 0 aliphatic carbocycles. The number of benzene rings is 2. The Morgan fingerprint density at radius 3 is 2.23 bits per heavy atom. The number of aromatic nitrogens is 3. The summed E-state index contributed by atoms with van der Waals surface area (Å²) in [7, 11) is 4.73. The summed E-state index contributed by atoms with van der Waals surface area (Å²) in [6, 6.07) is 9.72. The van der Waals surface area contributed by atoms with Gasteiger partial charge in [-0.15, -0.1) is 0 Å². The zero-order valence-electron chi connectivity index (χ0n) is 14.8. The van der Waals surface area contributed by atoms with Crippen LogP contribution in [0.3, 0.4) is 0 Å². The van der Waals surface area contributed by atoms with E-state index in [1.54, 1.807) is 21.3 Å². The summed E-state index contributed by atoms with van der Waals surface area (Å²) < 4.78 is 19.5. The summed E-state index contributed by atoms with van der Waals surface area (Å²) in [5.74, 6) is 2.25. The second-order valence-corrected chi connectivity index (χ2v) is 6.80. The minimum Gasteiger partial charge on any atom is -0.493 e. The molecule has 136 valence electrons. The Morgan fingerprint density at radius 2 is 1.69 bits per heavy atom. The average molecular weight is 436 g/mol. The maximum Gasteiger partial charge on any atom is 0.203 e. The Kier molecular flexibility index (Phi) is 5.33. The van der Waals surface area contributed by atoms with Gasteiger partial charge in [-0.1, -0.05) is 6.07 Å². The Hall–Kier alpha value is -2.32. The Balaban J connectivity index is 2.25. The van der Waals surface area contributed by atoms with Gasteiger partial charge in [-0.05, 0) is 64.9 Å². The van der Waals surface area contributed by atoms with Crippen LogP contribution in [0.2, 0.25) is 0 Å². The molecule has 2 aromatic carbocycles. The van der Waals surface area contributed by atoms with Gasteiger partial charge in [0, 0.05) is 10.0 Å². The molecule has 0 amide bonds. The van der Waals surface area contributed by atoms with Gasteiger partial charge in [-0.2, -0.15) is 5.10 Å². The number of hydrogen-bond donors (Lipinski definition) is 1. The van der Waals surface area contributed by atoms with E-state index < -0.39 is 0 Å². The molecular weight excluding hydrogens is 418 g/mol. The van der Waals surface area contributed by atoms with E-state index in [0.717, 1.165) is 21.3 Å². The average Bonchev–Trinajstić information content (AvgIpc) is 3.01. The molecular formula is C18H18BrN3O3S. The van der Waals surface area contributed by atoms with E-state index in [1.165, 1.54) is 0 Å². The van der Waals surface area contributed by atoms with Crippen molar-refractivity contribution >= 4 is 28.1 Å². The topological polar surface area (TPSA) is 61.3 Å². The highest BCUT2D eigenvalue weighted by Gasteiger charge is 2.19. The zero-order valence-corrected chi connectivity index (χ0v) is 17.2. The number of halogens is 1. The van der Waals surface area contributed by atoms with Gasteiger partial charge in [0.15, 0.2) is 22.1 Å². The third-order valence-electron chi connectivity index (χ3n) is 3.94. The minimum absolute atomic E-state index is 0.485. The zero-order chi connectivity index (χ0) is 18.8. The van der Waals surface area contributed by atoms with Crippen LogP contribution in [0.5, 0.6) is 17.2 Å². The first kappa shape index (κ1) is 18.5. The number of ether oxygens (including phenoxy) is 3. The van der Waals surface area contributed by atoms with E-state index in [4.69, 9.17) is 26.4 Å². The maximum atomic E-state index is 5.46. The van der Waals surface area contributed by atoms with E-state index in [-0.39, 0.29) is 0 Å². The van der Waals surface area contributed by atoms with Crippen molar-refractivity contribution in [2.75, 3.05) is 21.3 Å². The van der Waals surface area contributed by atoms with Crippen molar-refractivity contribution in [2.45, 2.75) is 6.92 Å². The van der Waals surface area contributed by atoms with E-state index in [9.17, 15) is 0 Å². The van der Waals surface area contributed by atoms with Crippen LogP contribution in [0.4, 0.5) is 0 Å². The molecule has 0 aliphatic heterocycles. The molecule has 0 saturated carbocycles. The fourth-order valence-electron chi connectivity index (χ4n) is 2.72. The molecule has 8 heteroatoms. The van der Waals surface area contributed by atoms with Gasteiger partial charge in [0.25, 0.3) is 0 Å². The van der Waals surface area contributed by atoms with Gasteiger partial charge in [-0.3, -0.25) is 9.67 Å². The van der Waals surface area contributed by atoms with E-state index >= 15 is 0 Å². The third-order valence-corrected chi connectivity index (χ3v) is 4.85. The largest absolute Gasteiger partial charge is 0.493 e. The number of aromatic amines is 1. The van der Waals surface area contributed by atoms with Crippen LogP contribution in [0.1, 0.15) is 5.56 Å². The molecule has 1 N–H and O–H groups in total. The summed E-state index contributed by atoms with van der Waals surface area (Å²) in [5.41, 5.74) is 2.81. The fraction of sp³-hybridized carbons (Fsp3) is 0.222. The lowest BCUT2D eigenvalue weighted by molar-refractivity contribution is 0.324. The number of nitrogens with zero attached hydrogens (tertiary/aromatic N) is 2. The van der Waals surface area contributed by atoms with Gasteiger partial charge in [-0.25, -0.2) is 0 Å². The van der Waals surface area contributed by atoms with Crippen molar-refractivity contribution in [1.82, 2.24) is 14.8 Å². The lowest BCUT2D eigenvalue weighted by Gasteiger charge is -2.15. The summed E-state index contributed by atoms with van der Waals surface area (Å²) in [6.45, 7) is 2.03. The summed E-state index contributed by atoms with van der Waals surface area (Å²) in [6.07, 6.45) is 0. The predicted octanol–water partition coefficient (Wildman–Crippen LogP) is 4.69. The predicted molar refractivity (Wildman–Crippen MR) is 106 cm³/mol. The van der Waals surface area contributed by atoms with E-state index in [0.29, 0.717) is 27.8 Å². The normalized spacial score (nSPS) is 10.7. The molecule has 0 saturated heterocycles. The number of methoxy groups -OCH3 is 3. The molecule has 1 heterocycles. The highest BCUT2D eigenvalue weighted by Crippen LogP contribution is 2.41. The number of H-pyrrole nitrogens is 1. The molecule has 26 heavy (non-hydrogen) atoms. The van der Waals surface area contributed by atoms with Crippen molar-refractivity contribution in [3.63, 3.8) is 0 Å². The lowest BCUT2D eigenvalue weighted by atomic mass is 10.1. The molecule has 0 bridgehead atoms. The second-order valence-electron chi connectivity index (χ2n) is 5.56. The number of hydrogen-bond acceptors (Lipinski definition) is 5. The first-order valence-electron chi connectivity index (χ1n) is 7.74. The monoisotopic (exact) mass is 435 g/mol. The minimum atomic E-state index is 0.485. The van der Waals surface area contributed by atoms with Crippen LogP contribution < -0.4 is 14.2 Å². The third kappa shape index (κ3) is 3.22.